The standard InChI is InChI=1S/C21H38N.HI/c1-4-7-13-18-22(19-14-8-5-2,20-15-9-6-3)21-16-11-10-12-17-21;/h10-12,16-17H,4-9,13-15,18-20H2,1-3H3;1H/q+1;/p-1. The summed E-state index contributed by atoms with van der Waals surface area (Å²) in [6.07, 6.45) is 12.2. The molecule has 0 aromatic heterocycles. The van der Waals surface area contributed by atoms with E-state index in [1.807, 2.05) is 0 Å². The SMILES string of the molecule is CCCCC[N+](CCCCC)(CCCCC)c1ccccc1.[I-]. The fourth-order valence-electron chi connectivity index (χ4n) is 3.46. The van der Waals surface area contributed by atoms with E-state index in [9.17, 15) is 0 Å². The summed E-state index contributed by atoms with van der Waals surface area (Å²) < 4.78 is 1.22. The van der Waals surface area contributed by atoms with Gasteiger partial charge in [0.1, 0.15) is 5.69 Å². The molecule has 1 aromatic rings. The number of hydrogen-bond acceptors (Lipinski definition) is 0. The molecule has 0 saturated heterocycles. The monoisotopic (exact) mass is 431 g/mol. The van der Waals surface area contributed by atoms with Gasteiger partial charge in [0.05, 0.1) is 19.6 Å². The number of halogens is 1. The second-order valence-electron chi connectivity index (χ2n) is 6.77. The summed E-state index contributed by atoms with van der Waals surface area (Å²) in [5, 5.41) is 0. The van der Waals surface area contributed by atoms with Gasteiger partial charge in [0.25, 0.3) is 0 Å². The van der Waals surface area contributed by atoms with Crippen molar-refractivity contribution in [2.45, 2.75) is 78.6 Å². The average Bonchev–Trinajstić information content (AvgIpc) is 2.56. The van der Waals surface area contributed by atoms with Crippen LogP contribution in [0.2, 0.25) is 0 Å². The van der Waals surface area contributed by atoms with Crippen LogP contribution in [0, 0.1) is 0 Å². The first-order valence-electron chi connectivity index (χ1n) is 9.70. The summed E-state index contributed by atoms with van der Waals surface area (Å²) in [6, 6.07) is 11.3. The van der Waals surface area contributed by atoms with Gasteiger partial charge < -0.3 is 24.0 Å². The molecule has 0 N–H and O–H groups in total. The van der Waals surface area contributed by atoms with Crippen molar-refractivity contribution in [3.8, 4) is 0 Å². The highest BCUT2D eigenvalue weighted by Crippen LogP contribution is 2.26. The number of nitrogens with zero attached hydrogens (tertiary/aromatic N) is 1. The van der Waals surface area contributed by atoms with Crippen molar-refractivity contribution in [1.82, 2.24) is 4.48 Å². The van der Waals surface area contributed by atoms with Gasteiger partial charge in [-0.3, -0.25) is 4.48 Å². The van der Waals surface area contributed by atoms with E-state index in [0.29, 0.717) is 0 Å². The Morgan fingerprint density at radius 2 is 1.00 bits per heavy atom. The van der Waals surface area contributed by atoms with Crippen LogP contribution in [0.25, 0.3) is 0 Å². The summed E-state index contributed by atoms with van der Waals surface area (Å²) in [6.45, 7) is 10.9. The van der Waals surface area contributed by atoms with Crippen LogP contribution in [-0.2, 0) is 0 Å². The van der Waals surface area contributed by atoms with Crippen LogP contribution in [0.5, 0.6) is 0 Å². The fraction of sp³-hybridized carbons (Fsp3) is 0.714. The maximum atomic E-state index is 2.36. The molecule has 0 spiro atoms. The predicted octanol–water partition coefficient (Wildman–Crippen LogP) is 3.57. The minimum absolute atomic E-state index is 0. The van der Waals surface area contributed by atoms with Crippen molar-refractivity contribution in [1.29, 1.82) is 0 Å². The first-order chi connectivity index (χ1) is 10.8. The molecule has 1 rings (SSSR count). The van der Waals surface area contributed by atoms with Gasteiger partial charge in [-0.25, -0.2) is 0 Å². The van der Waals surface area contributed by atoms with Crippen LogP contribution in [0.1, 0.15) is 78.6 Å². The molecule has 0 heterocycles. The first kappa shape index (κ1) is 22.9. The molecule has 1 aromatic carbocycles. The lowest BCUT2D eigenvalue weighted by molar-refractivity contribution is -0.00000487. The molecular formula is C21H38IN. The Morgan fingerprint density at radius 1 is 0.609 bits per heavy atom. The lowest BCUT2D eigenvalue weighted by Crippen LogP contribution is -3.00. The number of para-hydroxylation sites is 1. The third-order valence-electron chi connectivity index (χ3n) is 4.87. The molecule has 23 heavy (non-hydrogen) atoms. The van der Waals surface area contributed by atoms with Gasteiger partial charge in [-0.2, -0.15) is 0 Å². The summed E-state index contributed by atoms with van der Waals surface area (Å²) in [4.78, 5) is 0. The molecule has 0 saturated carbocycles. The number of benzene rings is 1. The topological polar surface area (TPSA) is 0 Å². The zero-order valence-electron chi connectivity index (χ0n) is 15.7. The normalized spacial score (nSPS) is 11.3. The Bertz CT molecular complexity index is 337. The zero-order chi connectivity index (χ0) is 16.1. The Balaban J connectivity index is 0.00000484. The average molecular weight is 431 g/mol. The smallest absolute Gasteiger partial charge is 0.132 e. The Hall–Kier alpha value is -0.0900. The van der Waals surface area contributed by atoms with Gasteiger partial charge in [0.2, 0.25) is 0 Å². The fourth-order valence-corrected chi connectivity index (χ4v) is 3.46. The van der Waals surface area contributed by atoms with E-state index >= 15 is 0 Å². The minimum Gasteiger partial charge on any atom is -1.00 e. The van der Waals surface area contributed by atoms with E-state index in [-0.39, 0.29) is 24.0 Å². The molecule has 0 amide bonds. The van der Waals surface area contributed by atoms with E-state index in [1.165, 1.54) is 81.9 Å². The maximum Gasteiger partial charge on any atom is 0.132 e. The van der Waals surface area contributed by atoms with Crippen LogP contribution < -0.4 is 28.5 Å². The second kappa shape index (κ2) is 14.3. The van der Waals surface area contributed by atoms with Crippen molar-refractivity contribution < 1.29 is 24.0 Å². The molecule has 0 bridgehead atoms. The van der Waals surface area contributed by atoms with Crippen LogP contribution >= 0.6 is 0 Å². The number of hydrogen-bond donors (Lipinski definition) is 0. The predicted molar refractivity (Wildman–Crippen MR) is 101 cm³/mol. The van der Waals surface area contributed by atoms with Crippen molar-refractivity contribution in [2.24, 2.45) is 0 Å². The van der Waals surface area contributed by atoms with Crippen LogP contribution in [0.4, 0.5) is 5.69 Å². The summed E-state index contributed by atoms with van der Waals surface area (Å²) in [5.74, 6) is 0. The maximum absolute atomic E-state index is 2.36. The Morgan fingerprint density at radius 3 is 1.35 bits per heavy atom. The van der Waals surface area contributed by atoms with E-state index < -0.39 is 0 Å². The first-order valence-corrected chi connectivity index (χ1v) is 9.70. The summed E-state index contributed by atoms with van der Waals surface area (Å²) in [7, 11) is 0. The molecule has 0 radical (unpaired) electrons. The molecule has 0 fully saturated rings. The van der Waals surface area contributed by atoms with E-state index in [0.717, 1.165) is 0 Å². The highest BCUT2D eigenvalue weighted by molar-refractivity contribution is 5.42. The van der Waals surface area contributed by atoms with Crippen LogP contribution in [0.3, 0.4) is 0 Å². The van der Waals surface area contributed by atoms with E-state index in [4.69, 9.17) is 0 Å². The van der Waals surface area contributed by atoms with Crippen LogP contribution in [0.15, 0.2) is 30.3 Å². The van der Waals surface area contributed by atoms with Gasteiger partial charge in [-0.1, -0.05) is 58.2 Å². The van der Waals surface area contributed by atoms with Crippen molar-refractivity contribution in [3.63, 3.8) is 0 Å². The number of rotatable bonds is 13. The summed E-state index contributed by atoms with van der Waals surface area (Å²) >= 11 is 0. The molecule has 2 heteroatoms. The lowest BCUT2D eigenvalue weighted by atomic mass is 10.1. The van der Waals surface area contributed by atoms with Crippen molar-refractivity contribution in [2.75, 3.05) is 19.6 Å². The molecule has 0 aliphatic heterocycles. The zero-order valence-corrected chi connectivity index (χ0v) is 17.9. The highest BCUT2D eigenvalue weighted by atomic mass is 127. The van der Waals surface area contributed by atoms with Crippen molar-refractivity contribution in [3.05, 3.63) is 30.3 Å². The van der Waals surface area contributed by atoms with E-state index in [1.54, 1.807) is 5.69 Å². The third kappa shape index (κ3) is 8.53. The minimum atomic E-state index is 0. The van der Waals surface area contributed by atoms with Gasteiger partial charge in [0, 0.05) is 0 Å². The largest absolute Gasteiger partial charge is 1.00 e. The molecule has 0 aliphatic rings. The lowest BCUT2D eigenvalue weighted by Gasteiger charge is -2.39. The second-order valence-corrected chi connectivity index (χ2v) is 6.77. The van der Waals surface area contributed by atoms with Crippen molar-refractivity contribution >= 4 is 5.69 Å². The van der Waals surface area contributed by atoms with Gasteiger partial charge in [0.15, 0.2) is 0 Å². The van der Waals surface area contributed by atoms with E-state index in [2.05, 4.69) is 51.1 Å². The molecular weight excluding hydrogens is 393 g/mol. The molecule has 0 aliphatic carbocycles. The van der Waals surface area contributed by atoms with Gasteiger partial charge in [-0.05, 0) is 50.7 Å². The van der Waals surface area contributed by atoms with Crippen LogP contribution in [-0.4, -0.2) is 19.6 Å². The molecule has 0 atom stereocenters. The molecule has 0 unspecified atom stereocenters. The molecule has 1 nitrogen and oxygen atoms in total. The van der Waals surface area contributed by atoms with Gasteiger partial charge in [-0.15, -0.1) is 0 Å². The third-order valence-corrected chi connectivity index (χ3v) is 4.87. The number of quaternary nitrogens is 1. The Kier molecular flexibility index (Phi) is 14.2. The highest BCUT2D eigenvalue weighted by Gasteiger charge is 2.28. The quantitative estimate of drug-likeness (QED) is 0.255. The summed E-state index contributed by atoms with van der Waals surface area (Å²) in [5.41, 5.74) is 1.55. The van der Waals surface area contributed by atoms with Gasteiger partial charge >= 0.3 is 0 Å². The molecule has 134 valence electrons. The Labute approximate surface area is 162 Å². The number of unbranched alkanes of at least 4 members (excludes halogenated alkanes) is 6.